The lowest BCUT2D eigenvalue weighted by Gasteiger charge is -2.36. The highest BCUT2D eigenvalue weighted by Crippen LogP contribution is 2.45. The average Bonchev–Trinajstić information content (AvgIpc) is 3.45. The maximum atomic E-state index is 14.4. The largest absolute Gasteiger partial charge is 0.444 e. The Hall–Kier alpha value is -5.06. The van der Waals surface area contributed by atoms with E-state index in [1.807, 2.05) is 35.1 Å². The summed E-state index contributed by atoms with van der Waals surface area (Å²) in [5.41, 5.74) is -1.86. The number of imidazole rings is 1. The van der Waals surface area contributed by atoms with Crippen LogP contribution in [0.15, 0.2) is 66.7 Å². The van der Waals surface area contributed by atoms with E-state index in [1.165, 1.54) is 32.9 Å². The standard InChI is InChI=1S/C34H45N9O7S/c1-9-22-16-34(22,30(46)40-51(48,49)26-19-41(8)20-35-26)38-28(44)25-15-23(43-36-17-24(39-43)21-13-11-10-12-14-21)18-42(25)29(45)27(32(2,3)4)37-31(47)50-33(5,6)7/h9-14,17,19-20,22-23,25,27H,1,15-16,18H2,2-8H3,(H,37,47)(H,38,44)(H,40,46)/t22?,23-,25+,27-,34?/m1/s1. The first kappa shape index (κ1) is 37.2. The van der Waals surface area contributed by atoms with E-state index in [0.29, 0.717) is 5.69 Å². The molecule has 2 aromatic heterocycles. The maximum absolute atomic E-state index is 14.4. The van der Waals surface area contributed by atoms with Gasteiger partial charge >= 0.3 is 6.09 Å². The second-order valence-corrected chi connectivity index (χ2v) is 16.7. The van der Waals surface area contributed by atoms with Gasteiger partial charge in [0.2, 0.25) is 11.8 Å². The van der Waals surface area contributed by atoms with Crippen molar-refractivity contribution in [1.82, 2.24) is 44.8 Å². The van der Waals surface area contributed by atoms with E-state index in [2.05, 4.69) is 32.4 Å². The molecule has 0 bridgehead atoms. The summed E-state index contributed by atoms with van der Waals surface area (Å²) in [5, 5.41) is 14.2. The van der Waals surface area contributed by atoms with E-state index in [4.69, 9.17) is 4.74 Å². The Bertz CT molecular complexity index is 1930. The second kappa shape index (κ2) is 13.6. The summed E-state index contributed by atoms with van der Waals surface area (Å²) in [6.45, 7) is 14.2. The smallest absolute Gasteiger partial charge is 0.408 e. The second-order valence-electron chi connectivity index (χ2n) is 15.1. The predicted octanol–water partition coefficient (Wildman–Crippen LogP) is 2.33. The van der Waals surface area contributed by atoms with Crippen molar-refractivity contribution in [2.24, 2.45) is 18.4 Å². The van der Waals surface area contributed by atoms with E-state index >= 15 is 0 Å². The summed E-state index contributed by atoms with van der Waals surface area (Å²) in [6, 6.07) is 6.57. The van der Waals surface area contributed by atoms with Crippen LogP contribution in [0.5, 0.6) is 0 Å². The molecule has 2 aliphatic rings. The molecule has 17 heteroatoms. The van der Waals surface area contributed by atoms with Crippen LogP contribution in [0.2, 0.25) is 0 Å². The van der Waals surface area contributed by atoms with Crippen LogP contribution in [-0.4, -0.2) is 91.4 Å². The Balaban J connectivity index is 1.44. The normalized spacial score (nSPS) is 22.5. The molecule has 274 valence electrons. The Labute approximate surface area is 297 Å². The first-order valence-electron chi connectivity index (χ1n) is 16.5. The molecule has 3 N–H and O–H groups in total. The molecule has 1 aliphatic heterocycles. The molecule has 1 aliphatic carbocycles. The van der Waals surface area contributed by atoms with Crippen molar-refractivity contribution in [3.05, 3.63) is 61.7 Å². The van der Waals surface area contributed by atoms with Gasteiger partial charge in [-0.1, -0.05) is 57.2 Å². The van der Waals surface area contributed by atoms with E-state index in [0.717, 1.165) is 5.56 Å². The van der Waals surface area contributed by atoms with Crippen molar-refractivity contribution in [2.45, 2.75) is 88.7 Å². The molecule has 3 heterocycles. The number of nitrogens with zero attached hydrogens (tertiary/aromatic N) is 6. The maximum Gasteiger partial charge on any atom is 0.408 e. The van der Waals surface area contributed by atoms with Gasteiger partial charge in [0.1, 0.15) is 28.9 Å². The lowest BCUT2D eigenvalue weighted by molar-refractivity contribution is -0.143. The minimum atomic E-state index is -4.36. The van der Waals surface area contributed by atoms with Crippen LogP contribution in [0, 0.1) is 11.3 Å². The minimum absolute atomic E-state index is 0.000543. The van der Waals surface area contributed by atoms with Crippen molar-refractivity contribution in [2.75, 3.05) is 6.54 Å². The van der Waals surface area contributed by atoms with Gasteiger partial charge in [0.15, 0.2) is 5.03 Å². The molecule has 4 amide bonds. The number of likely N-dealkylation sites (tertiary alicyclic amines) is 1. The van der Waals surface area contributed by atoms with Crippen molar-refractivity contribution in [1.29, 1.82) is 0 Å². The molecule has 2 fully saturated rings. The number of hydrogen-bond acceptors (Lipinski definition) is 10. The van der Waals surface area contributed by atoms with Crippen LogP contribution in [0.1, 0.15) is 60.4 Å². The Morgan fingerprint density at radius 1 is 1.10 bits per heavy atom. The highest BCUT2D eigenvalue weighted by molar-refractivity contribution is 7.90. The van der Waals surface area contributed by atoms with Crippen molar-refractivity contribution in [3.63, 3.8) is 0 Å². The summed E-state index contributed by atoms with van der Waals surface area (Å²) in [4.78, 5) is 61.8. The van der Waals surface area contributed by atoms with Crippen molar-refractivity contribution < 1.29 is 32.3 Å². The number of sulfonamides is 1. The molecule has 51 heavy (non-hydrogen) atoms. The Morgan fingerprint density at radius 2 is 1.78 bits per heavy atom. The number of alkyl carbamates (subject to hydrolysis) is 1. The summed E-state index contributed by atoms with van der Waals surface area (Å²) in [6.07, 6.45) is 4.93. The molecule has 1 saturated carbocycles. The molecule has 16 nitrogen and oxygen atoms in total. The topological polar surface area (TPSA) is 200 Å². The van der Waals surface area contributed by atoms with Gasteiger partial charge < -0.3 is 24.8 Å². The molecule has 3 aromatic rings. The van der Waals surface area contributed by atoms with Crippen LogP contribution in [0.3, 0.4) is 0 Å². The van der Waals surface area contributed by atoms with Gasteiger partial charge in [-0.3, -0.25) is 14.4 Å². The predicted molar refractivity (Wildman–Crippen MR) is 185 cm³/mol. The summed E-state index contributed by atoms with van der Waals surface area (Å²) < 4.78 is 34.9. The van der Waals surface area contributed by atoms with E-state index in [-0.39, 0.29) is 24.4 Å². The quantitative estimate of drug-likeness (QED) is 0.261. The van der Waals surface area contributed by atoms with Gasteiger partial charge in [0.05, 0.1) is 18.6 Å². The first-order valence-corrected chi connectivity index (χ1v) is 18.0. The number of aromatic nitrogens is 5. The van der Waals surface area contributed by atoms with Crippen molar-refractivity contribution in [3.8, 4) is 11.3 Å². The van der Waals surface area contributed by atoms with Gasteiger partial charge in [-0.2, -0.15) is 23.4 Å². The highest BCUT2D eigenvalue weighted by Gasteiger charge is 2.61. The molecule has 5 rings (SSSR count). The SMILES string of the molecule is C=CC1CC1(NC(=O)[C@@H]1C[C@@H](n2ncc(-c3ccccc3)n2)CN1C(=O)[C@@H](NC(=O)OC(C)(C)C)C(C)(C)C)C(=O)NS(=O)(=O)c1cn(C)cn1. The zero-order valence-electron chi connectivity index (χ0n) is 29.8. The molecule has 1 saturated heterocycles. The average molecular weight is 724 g/mol. The summed E-state index contributed by atoms with van der Waals surface area (Å²) in [7, 11) is -2.78. The number of ether oxygens (including phenoxy) is 1. The number of amides is 4. The third-order valence-corrected chi connectivity index (χ3v) is 9.99. The fourth-order valence-electron chi connectivity index (χ4n) is 6.04. The molecule has 5 atom stereocenters. The van der Waals surface area contributed by atoms with Gasteiger partial charge in [-0.05, 0) is 32.6 Å². The number of nitrogens with one attached hydrogen (secondary N) is 3. The van der Waals surface area contributed by atoms with Crippen LogP contribution < -0.4 is 15.4 Å². The zero-order valence-corrected chi connectivity index (χ0v) is 30.6. The monoisotopic (exact) mass is 723 g/mol. The Kier molecular flexibility index (Phi) is 9.90. The number of carbonyl (C=O) groups is 4. The third-order valence-electron chi connectivity index (χ3n) is 8.78. The number of rotatable bonds is 10. The van der Waals surface area contributed by atoms with Crippen LogP contribution in [0.25, 0.3) is 11.3 Å². The summed E-state index contributed by atoms with van der Waals surface area (Å²) in [5.74, 6) is -2.79. The number of carbonyl (C=O) groups excluding carboxylic acids is 4. The fraction of sp³-hybridized carbons (Fsp3) is 0.500. The number of benzene rings is 1. The molecule has 0 spiro atoms. The molecule has 1 aromatic carbocycles. The van der Waals surface area contributed by atoms with Crippen LogP contribution in [-0.2, 0) is 36.2 Å². The van der Waals surface area contributed by atoms with Crippen LogP contribution in [0.4, 0.5) is 4.79 Å². The van der Waals surface area contributed by atoms with Gasteiger partial charge in [-0.25, -0.2) is 14.5 Å². The third kappa shape index (κ3) is 8.13. The number of aryl methyl sites for hydroxylation is 1. The first-order chi connectivity index (χ1) is 23.7. The molecule has 2 unspecified atom stereocenters. The molecular weight excluding hydrogens is 678 g/mol. The summed E-state index contributed by atoms with van der Waals surface area (Å²) >= 11 is 0. The van der Waals surface area contributed by atoms with E-state index in [1.54, 1.807) is 54.8 Å². The van der Waals surface area contributed by atoms with Crippen molar-refractivity contribution >= 4 is 33.8 Å². The van der Waals surface area contributed by atoms with Crippen LogP contribution >= 0.6 is 0 Å². The van der Waals surface area contributed by atoms with E-state index in [9.17, 15) is 27.6 Å². The number of hydrogen-bond donors (Lipinski definition) is 3. The van der Waals surface area contributed by atoms with Gasteiger partial charge in [-0.15, -0.1) is 6.58 Å². The minimum Gasteiger partial charge on any atom is -0.444 e. The van der Waals surface area contributed by atoms with Gasteiger partial charge in [0.25, 0.3) is 15.9 Å². The molecule has 0 radical (unpaired) electrons. The zero-order chi connectivity index (χ0) is 37.5. The van der Waals surface area contributed by atoms with Gasteiger partial charge in [0, 0.05) is 37.7 Å². The van der Waals surface area contributed by atoms with E-state index < -0.39 is 74.4 Å². The lowest BCUT2D eigenvalue weighted by atomic mass is 9.85. The fourth-order valence-corrected chi connectivity index (χ4v) is 7.06. The lowest BCUT2D eigenvalue weighted by Crippen LogP contribution is -2.60. The highest BCUT2D eigenvalue weighted by atomic mass is 32.2. The molecular formula is C34H45N9O7S. The Morgan fingerprint density at radius 3 is 2.35 bits per heavy atom.